The molecule has 5 amide bonds. The average molecular weight is 814 g/mol. The van der Waals surface area contributed by atoms with Crippen molar-refractivity contribution in [3.05, 3.63) is 66.1 Å². The van der Waals surface area contributed by atoms with Crippen molar-refractivity contribution in [3.8, 4) is 22.4 Å². The van der Waals surface area contributed by atoms with Gasteiger partial charge in [-0.05, 0) is 61.5 Å². The third-order valence-electron chi connectivity index (χ3n) is 11.9. The minimum absolute atomic E-state index is 0.211. The molecule has 1 unspecified atom stereocenters. The smallest absolute Gasteiger partial charge is 0.407 e. The van der Waals surface area contributed by atoms with Gasteiger partial charge in [-0.25, -0.2) is 14.6 Å². The maximum Gasteiger partial charge on any atom is 0.407 e. The third kappa shape index (κ3) is 9.43. The summed E-state index contributed by atoms with van der Waals surface area (Å²) in [4.78, 5) is 89.4. The Hall–Kier alpha value is -5.77. The molecular weight excluding hydrogens is 759 g/mol. The molecule has 3 aliphatic heterocycles. The minimum atomic E-state index is -1.23. The number of imidazole rings is 1. The first-order valence-electron chi connectivity index (χ1n) is 20.4. The number of methoxy groups -OCH3 is 1. The van der Waals surface area contributed by atoms with Crippen LogP contribution in [0.15, 0.2) is 54.7 Å². The molecule has 3 saturated heterocycles. The number of carbonyl (C=O) groups is 6. The summed E-state index contributed by atoms with van der Waals surface area (Å²) in [7, 11) is 1.23. The zero-order valence-corrected chi connectivity index (χ0v) is 34.3. The standard InChI is InChI=1S/C43H55N7O9/c1-25(2)35(47-41(55)56)39(53)49-20-6-7-32(49)37-44-23-31(46-37)29-12-8-27(9-13-29)28-10-14-30(15-11-28)34(51)24-45-38(52)33-16-17-43(18-21-59-22-19-43)50(33)40(54)36(26(3)4)48-42(57)58-5/h8-15,23,25-26,32-33,35-36,47H,6-7,16-22,24H2,1-5H3,(H,44,46)(H,45,52)(H,48,57)(H,55,56)/t32-,33?,35-,36-/m0/s1. The number of hydrogen-bond donors (Lipinski definition) is 5. The first-order valence-corrected chi connectivity index (χ1v) is 20.4. The van der Waals surface area contributed by atoms with Crippen LogP contribution in [0, 0.1) is 11.8 Å². The normalized spacial score (nSPS) is 19.7. The van der Waals surface area contributed by atoms with Crippen LogP contribution < -0.4 is 16.0 Å². The lowest BCUT2D eigenvalue weighted by molar-refractivity contribution is -0.149. The van der Waals surface area contributed by atoms with E-state index in [1.54, 1.807) is 28.1 Å². The Morgan fingerprint density at radius 2 is 1.47 bits per heavy atom. The van der Waals surface area contributed by atoms with E-state index in [4.69, 9.17) is 14.5 Å². The minimum Gasteiger partial charge on any atom is -0.465 e. The molecule has 3 fully saturated rings. The number of likely N-dealkylation sites (tertiary alicyclic amines) is 2. The number of aromatic amines is 1. The molecule has 16 nitrogen and oxygen atoms in total. The van der Waals surface area contributed by atoms with Gasteiger partial charge in [0.25, 0.3) is 0 Å². The van der Waals surface area contributed by atoms with Gasteiger partial charge < -0.3 is 45.3 Å². The Labute approximate surface area is 343 Å². The quantitative estimate of drug-likeness (QED) is 0.147. The zero-order valence-electron chi connectivity index (χ0n) is 34.3. The molecule has 3 aliphatic rings. The zero-order chi connectivity index (χ0) is 42.4. The molecule has 0 radical (unpaired) electrons. The van der Waals surface area contributed by atoms with E-state index in [0.717, 1.165) is 23.1 Å². The Morgan fingerprint density at radius 1 is 0.864 bits per heavy atom. The maximum atomic E-state index is 14.1. The van der Waals surface area contributed by atoms with Crippen LogP contribution in [0.5, 0.6) is 0 Å². The van der Waals surface area contributed by atoms with E-state index in [1.165, 1.54) is 7.11 Å². The number of benzene rings is 2. The average Bonchev–Trinajstić information content (AvgIpc) is 4.00. The van der Waals surface area contributed by atoms with Crippen LogP contribution in [0.2, 0.25) is 0 Å². The van der Waals surface area contributed by atoms with Crippen molar-refractivity contribution < 1.29 is 43.3 Å². The Kier molecular flexibility index (Phi) is 13.4. The first kappa shape index (κ1) is 42.8. The van der Waals surface area contributed by atoms with Crippen molar-refractivity contribution in [2.24, 2.45) is 11.8 Å². The fraction of sp³-hybridized carbons (Fsp3) is 0.512. The van der Waals surface area contributed by atoms with Gasteiger partial charge in [0.05, 0.1) is 25.4 Å². The molecule has 0 saturated carbocycles. The first-order chi connectivity index (χ1) is 28.2. The number of H-pyrrole nitrogens is 1. The molecule has 1 aromatic heterocycles. The molecule has 4 atom stereocenters. The van der Waals surface area contributed by atoms with Crippen molar-refractivity contribution in [2.75, 3.05) is 33.4 Å². The lowest BCUT2D eigenvalue weighted by atomic mass is 9.86. The van der Waals surface area contributed by atoms with Gasteiger partial charge in [0.15, 0.2) is 5.78 Å². The summed E-state index contributed by atoms with van der Waals surface area (Å²) in [5.74, 6) is -1.14. The van der Waals surface area contributed by atoms with Gasteiger partial charge >= 0.3 is 12.2 Å². The van der Waals surface area contributed by atoms with Gasteiger partial charge in [0.1, 0.15) is 23.9 Å². The predicted octanol–water partition coefficient (Wildman–Crippen LogP) is 4.92. The summed E-state index contributed by atoms with van der Waals surface area (Å²) in [6.07, 6.45) is 3.52. The summed E-state index contributed by atoms with van der Waals surface area (Å²) in [5.41, 5.74) is 3.23. The second kappa shape index (κ2) is 18.4. The van der Waals surface area contributed by atoms with E-state index in [-0.39, 0.29) is 42.0 Å². The van der Waals surface area contributed by atoms with Crippen LogP contribution in [0.4, 0.5) is 9.59 Å². The molecule has 6 rings (SSSR count). The van der Waals surface area contributed by atoms with Crippen LogP contribution in [0.1, 0.15) is 88.4 Å². The molecule has 16 heteroatoms. The number of rotatable bonds is 13. The lowest BCUT2D eigenvalue weighted by Crippen LogP contribution is -2.62. The molecule has 59 heavy (non-hydrogen) atoms. The van der Waals surface area contributed by atoms with Crippen molar-refractivity contribution in [3.63, 3.8) is 0 Å². The third-order valence-corrected chi connectivity index (χ3v) is 11.9. The van der Waals surface area contributed by atoms with Gasteiger partial charge in [-0.2, -0.15) is 0 Å². The fourth-order valence-corrected chi connectivity index (χ4v) is 8.58. The van der Waals surface area contributed by atoms with E-state index < -0.39 is 41.8 Å². The summed E-state index contributed by atoms with van der Waals surface area (Å²) >= 11 is 0. The summed E-state index contributed by atoms with van der Waals surface area (Å²) < 4.78 is 10.4. The molecular formula is C43H55N7O9. The lowest BCUT2D eigenvalue weighted by Gasteiger charge is -2.45. The Balaban J connectivity index is 1.07. The Morgan fingerprint density at radius 3 is 2.08 bits per heavy atom. The summed E-state index contributed by atoms with van der Waals surface area (Å²) in [6, 6.07) is 12.1. The van der Waals surface area contributed by atoms with Gasteiger partial charge in [-0.1, -0.05) is 76.2 Å². The molecule has 1 spiro atoms. The van der Waals surface area contributed by atoms with Crippen LogP contribution in [0.3, 0.4) is 0 Å². The van der Waals surface area contributed by atoms with Crippen LogP contribution in [0.25, 0.3) is 22.4 Å². The fourth-order valence-electron chi connectivity index (χ4n) is 8.58. The molecule has 0 aliphatic carbocycles. The van der Waals surface area contributed by atoms with E-state index in [1.807, 2.05) is 64.1 Å². The van der Waals surface area contributed by atoms with Crippen LogP contribution in [-0.2, 0) is 23.9 Å². The van der Waals surface area contributed by atoms with Crippen molar-refractivity contribution in [1.82, 2.24) is 35.7 Å². The number of nitrogens with zero attached hydrogens (tertiary/aromatic N) is 3. The van der Waals surface area contributed by atoms with E-state index in [9.17, 15) is 33.9 Å². The largest absolute Gasteiger partial charge is 0.465 e. The monoisotopic (exact) mass is 813 g/mol. The van der Waals surface area contributed by atoms with Gasteiger partial charge in [0.2, 0.25) is 17.7 Å². The number of carbonyl (C=O) groups excluding carboxylic acids is 5. The second-order valence-electron chi connectivity index (χ2n) is 16.3. The molecule has 0 bridgehead atoms. The van der Waals surface area contributed by atoms with Gasteiger partial charge in [-0.3, -0.25) is 19.2 Å². The number of carboxylic acid groups (broad SMARTS) is 1. The number of ketones is 1. The number of nitrogens with one attached hydrogen (secondary N) is 4. The van der Waals surface area contributed by atoms with E-state index >= 15 is 0 Å². The van der Waals surface area contributed by atoms with Crippen molar-refractivity contribution >= 4 is 35.7 Å². The predicted molar refractivity (Wildman–Crippen MR) is 217 cm³/mol. The highest BCUT2D eigenvalue weighted by Crippen LogP contribution is 2.42. The highest BCUT2D eigenvalue weighted by Gasteiger charge is 2.53. The number of Topliss-reactive ketones (excluding diaryl/α,β-unsaturated/α-hetero) is 1. The molecule has 2 aromatic carbocycles. The van der Waals surface area contributed by atoms with Gasteiger partial charge in [-0.15, -0.1) is 0 Å². The van der Waals surface area contributed by atoms with Crippen molar-refractivity contribution in [1.29, 1.82) is 0 Å². The maximum absolute atomic E-state index is 14.1. The van der Waals surface area contributed by atoms with Crippen LogP contribution >= 0.6 is 0 Å². The van der Waals surface area contributed by atoms with E-state index in [0.29, 0.717) is 68.9 Å². The highest BCUT2D eigenvalue weighted by atomic mass is 16.5. The summed E-state index contributed by atoms with van der Waals surface area (Å²) in [6.45, 7) is 8.46. The highest BCUT2D eigenvalue weighted by molar-refractivity contribution is 6.01. The molecule has 4 heterocycles. The van der Waals surface area contributed by atoms with E-state index in [2.05, 4.69) is 20.9 Å². The number of ether oxygens (including phenoxy) is 2. The van der Waals surface area contributed by atoms with Crippen molar-refractivity contribution in [2.45, 2.75) is 95.9 Å². The number of aromatic nitrogens is 2. The number of amides is 5. The van der Waals surface area contributed by atoms with Crippen LogP contribution in [-0.4, -0.2) is 118 Å². The Bertz CT molecular complexity index is 2010. The molecule has 316 valence electrons. The second-order valence-corrected chi connectivity index (χ2v) is 16.3. The number of alkyl carbamates (subject to hydrolysis) is 1. The topological polar surface area (TPSA) is 212 Å². The molecule has 3 aromatic rings. The molecule has 5 N–H and O–H groups in total. The summed E-state index contributed by atoms with van der Waals surface area (Å²) in [5, 5.41) is 17.1. The van der Waals surface area contributed by atoms with Gasteiger partial charge in [0, 0.05) is 42.6 Å². The number of hydrogen-bond acceptors (Lipinski definition) is 9. The SMILES string of the molecule is COC(=O)N[C@H](C(=O)N1C(C(=O)NCC(=O)c2ccc(-c3ccc(-c4c[nH]c([C@@H]5CCCN5C(=O)[C@@H](NC(=O)O)C(C)C)n4)cc3)cc2)CCC12CCOCC2)C(C)C.